The summed E-state index contributed by atoms with van der Waals surface area (Å²) in [5.41, 5.74) is 2.47. The largest absolute Gasteiger partial charge is 0.371 e. The van der Waals surface area contributed by atoms with Crippen molar-refractivity contribution in [3.8, 4) is 11.1 Å². The zero-order chi connectivity index (χ0) is 15.6. The van der Waals surface area contributed by atoms with Gasteiger partial charge in [0.1, 0.15) is 5.82 Å². The quantitative estimate of drug-likeness (QED) is 0.882. The van der Waals surface area contributed by atoms with Gasteiger partial charge in [-0.1, -0.05) is 36.4 Å². The first-order valence-corrected chi connectivity index (χ1v) is 7.49. The summed E-state index contributed by atoms with van der Waals surface area (Å²) in [4.78, 5) is 2.18. The molecule has 3 rings (SSSR count). The van der Waals surface area contributed by atoms with Gasteiger partial charge in [0.25, 0.3) is 0 Å². The molecule has 1 saturated heterocycles. The summed E-state index contributed by atoms with van der Waals surface area (Å²) in [7, 11) is 1.53. The maximum Gasteiger partial charge on any atom is 0.168 e. The van der Waals surface area contributed by atoms with Crippen LogP contribution in [-0.4, -0.2) is 31.1 Å². The number of piperidine rings is 1. The van der Waals surface area contributed by atoms with Crippen LogP contribution in [0.4, 0.5) is 10.1 Å². The summed E-state index contributed by atoms with van der Waals surface area (Å²) >= 11 is 0. The van der Waals surface area contributed by atoms with Crippen molar-refractivity contribution < 1.29 is 14.2 Å². The first kappa shape index (κ1) is 15.0. The summed E-state index contributed by atoms with van der Waals surface area (Å²) < 4.78 is 19.3. The van der Waals surface area contributed by atoms with Gasteiger partial charge < -0.3 is 14.7 Å². The Morgan fingerprint density at radius 2 is 1.59 bits per heavy atom. The lowest BCUT2D eigenvalue weighted by molar-refractivity contribution is -0.196. The Balaban J connectivity index is 1.92. The van der Waals surface area contributed by atoms with Crippen LogP contribution in [0.1, 0.15) is 12.8 Å². The van der Waals surface area contributed by atoms with E-state index >= 15 is 0 Å². The highest BCUT2D eigenvalue weighted by Gasteiger charge is 2.32. The van der Waals surface area contributed by atoms with Gasteiger partial charge in [0.2, 0.25) is 0 Å². The molecule has 0 radical (unpaired) electrons. The third-order valence-electron chi connectivity index (χ3n) is 4.33. The lowest BCUT2D eigenvalue weighted by atomic mass is 9.98. The van der Waals surface area contributed by atoms with Crippen molar-refractivity contribution in [1.29, 1.82) is 0 Å². The topological polar surface area (TPSA) is 32.7 Å². The van der Waals surface area contributed by atoms with E-state index in [1.165, 1.54) is 13.2 Å². The van der Waals surface area contributed by atoms with Crippen LogP contribution in [0.15, 0.2) is 48.5 Å². The number of nitrogens with zero attached hydrogens (tertiary/aromatic N) is 1. The van der Waals surface area contributed by atoms with Crippen molar-refractivity contribution in [2.75, 3.05) is 25.1 Å². The molecular weight excluding hydrogens is 281 g/mol. The van der Waals surface area contributed by atoms with Crippen LogP contribution in [-0.2, 0) is 4.74 Å². The van der Waals surface area contributed by atoms with E-state index in [1.54, 1.807) is 12.1 Å². The molecule has 0 amide bonds. The number of hydrogen-bond donors (Lipinski definition) is 1. The molecule has 2 aromatic rings. The minimum Gasteiger partial charge on any atom is -0.371 e. The van der Waals surface area contributed by atoms with Crippen LogP contribution in [0, 0.1) is 5.82 Å². The van der Waals surface area contributed by atoms with Crippen LogP contribution >= 0.6 is 0 Å². The van der Waals surface area contributed by atoms with E-state index < -0.39 is 5.79 Å². The van der Waals surface area contributed by atoms with E-state index in [0.29, 0.717) is 31.5 Å². The lowest BCUT2D eigenvalue weighted by Gasteiger charge is -2.39. The highest BCUT2D eigenvalue weighted by atomic mass is 19.1. The van der Waals surface area contributed by atoms with Gasteiger partial charge in [-0.15, -0.1) is 0 Å². The first-order valence-electron chi connectivity index (χ1n) is 7.49. The Labute approximate surface area is 130 Å². The van der Waals surface area contributed by atoms with E-state index in [-0.39, 0.29) is 5.82 Å². The number of rotatable bonds is 3. The normalized spacial score (nSPS) is 17.5. The molecule has 0 aromatic heterocycles. The molecule has 1 aliphatic rings. The smallest absolute Gasteiger partial charge is 0.168 e. The molecule has 0 saturated carbocycles. The zero-order valence-electron chi connectivity index (χ0n) is 12.6. The van der Waals surface area contributed by atoms with Crippen LogP contribution in [0.3, 0.4) is 0 Å². The molecule has 1 N–H and O–H groups in total. The molecule has 1 aliphatic heterocycles. The molecule has 0 aliphatic carbocycles. The van der Waals surface area contributed by atoms with Gasteiger partial charge in [0.15, 0.2) is 5.79 Å². The summed E-state index contributed by atoms with van der Waals surface area (Å²) in [5, 5.41) is 10.2. The highest BCUT2D eigenvalue weighted by molar-refractivity contribution is 5.79. The van der Waals surface area contributed by atoms with E-state index in [9.17, 15) is 9.50 Å². The van der Waals surface area contributed by atoms with Gasteiger partial charge in [-0.3, -0.25) is 0 Å². The lowest BCUT2D eigenvalue weighted by Crippen LogP contribution is -2.45. The predicted octanol–water partition coefficient (Wildman–Crippen LogP) is 3.43. The van der Waals surface area contributed by atoms with E-state index in [2.05, 4.69) is 4.90 Å². The van der Waals surface area contributed by atoms with Gasteiger partial charge >= 0.3 is 0 Å². The van der Waals surface area contributed by atoms with Gasteiger partial charge in [-0.2, -0.15) is 0 Å². The molecule has 0 spiro atoms. The number of halogens is 1. The maximum atomic E-state index is 14.1. The van der Waals surface area contributed by atoms with Crippen molar-refractivity contribution in [2.24, 2.45) is 0 Å². The molecule has 1 heterocycles. The number of para-hydroxylation sites is 1. The average molecular weight is 301 g/mol. The summed E-state index contributed by atoms with van der Waals surface area (Å²) in [6, 6.07) is 14.6. The molecule has 1 fully saturated rings. The number of methoxy groups -OCH3 is 1. The second-order valence-electron chi connectivity index (χ2n) is 5.63. The Hall–Kier alpha value is -1.91. The molecule has 0 unspecified atom stereocenters. The minimum absolute atomic E-state index is 0.222. The fraction of sp³-hybridized carbons (Fsp3) is 0.333. The van der Waals surface area contributed by atoms with E-state index in [4.69, 9.17) is 4.74 Å². The van der Waals surface area contributed by atoms with Crippen LogP contribution < -0.4 is 4.90 Å². The predicted molar refractivity (Wildman–Crippen MR) is 85.2 cm³/mol. The molecule has 4 heteroatoms. The molecule has 0 atom stereocenters. The maximum absolute atomic E-state index is 14.1. The summed E-state index contributed by atoms with van der Waals surface area (Å²) in [6.07, 6.45) is 1.07. The highest BCUT2D eigenvalue weighted by Crippen LogP contribution is 2.35. The number of anilines is 1. The van der Waals surface area contributed by atoms with Crippen molar-refractivity contribution >= 4 is 5.69 Å². The van der Waals surface area contributed by atoms with Gasteiger partial charge in [0.05, 0.1) is 0 Å². The van der Waals surface area contributed by atoms with Crippen molar-refractivity contribution in [1.82, 2.24) is 0 Å². The standard InChI is InChI=1S/C18H20FNO2/c1-22-18(21)10-12-20(13-11-18)17-9-5-3-7-15(17)14-6-2-4-8-16(14)19/h2-9,21H,10-13H2,1H3. The summed E-state index contributed by atoms with van der Waals surface area (Å²) in [5.74, 6) is -1.26. The van der Waals surface area contributed by atoms with Gasteiger partial charge in [-0.05, 0) is 12.1 Å². The van der Waals surface area contributed by atoms with Crippen LogP contribution in [0.2, 0.25) is 0 Å². The Kier molecular flexibility index (Phi) is 4.14. The second kappa shape index (κ2) is 6.07. The average Bonchev–Trinajstić information content (AvgIpc) is 2.56. The third-order valence-corrected chi connectivity index (χ3v) is 4.33. The third kappa shape index (κ3) is 2.85. The van der Waals surface area contributed by atoms with Crippen LogP contribution in [0.5, 0.6) is 0 Å². The number of ether oxygens (including phenoxy) is 1. The minimum atomic E-state index is -1.04. The Morgan fingerprint density at radius 1 is 1.00 bits per heavy atom. The van der Waals surface area contributed by atoms with Crippen molar-refractivity contribution in [3.05, 3.63) is 54.3 Å². The summed E-state index contributed by atoms with van der Waals surface area (Å²) in [6.45, 7) is 1.35. The molecule has 116 valence electrons. The van der Waals surface area contributed by atoms with Gasteiger partial charge in [-0.25, -0.2) is 4.39 Å². The Morgan fingerprint density at radius 3 is 2.23 bits per heavy atom. The SMILES string of the molecule is COC1(O)CCN(c2ccccc2-c2ccccc2F)CC1. The molecule has 22 heavy (non-hydrogen) atoms. The molecule has 2 aromatic carbocycles. The number of hydrogen-bond acceptors (Lipinski definition) is 3. The van der Waals surface area contributed by atoms with E-state index in [0.717, 1.165) is 11.3 Å². The van der Waals surface area contributed by atoms with E-state index in [1.807, 2.05) is 30.3 Å². The monoisotopic (exact) mass is 301 g/mol. The number of aliphatic hydroxyl groups is 1. The molecular formula is C18H20FNO2. The number of benzene rings is 2. The molecule has 0 bridgehead atoms. The van der Waals surface area contributed by atoms with Crippen molar-refractivity contribution in [3.63, 3.8) is 0 Å². The van der Waals surface area contributed by atoms with Gasteiger partial charge in [0, 0.05) is 49.9 Å². The van der Waals surface area contributed by atoms with Crippen molar-refractivity contribution in [2.45, 2.75) is 18.6 Å². The fourth-order valence-electron chi connectivity index (χ4n) is 2.96. The second-order valence-corrected chi connectivity index (χ2v) is 5.63. The zero-order valence-corrected chi connectivity index (χ0v) is 12.6. The molecule has 3 nitrogen and oxygen atoms in total. The first-order chi connectivity index (χ1) is 10.6. The Bertz CT molecular complexity index is 651. The van der Waals surface area contributed by atoms with Crippen LogP contribution in [0.25, 0.3) is 11.1 Å². The fourth-order valence-corrected chi connectivity index (χ4v) is 2.96.